The maximum absolute atomic E-state index is 13.0. The van der Waals surface area contributed by atoms with Gasteiger partial charge in [-0.05, 0) is 67.3 Å². The molecule has 1 aliphatic heterocycles. The predicted molar refractivity (Wildman–Crippen MR) is 115 cm³/mol. The summed E-state index contributed by atoms with van der Waals surface area (Å²) in [5.74, 6) is -0.118. The third kappa shape index (κ3) is 3.89. The summed E-state index contributed by atoms with van der Waals surface area (Å²) >= 11 is 0. The van der Waals surface area contributed by atoms with Gasteiger partial charge in [0.2, 0.25) is 0 Å². The lowest BCUT2D eigenvalue weighted by molar-refractivity contribution is 0.0985. The number of para-hydroxylation sites is 2. The second kappa shape index (κ2) is 7.72. The molecule has 0 radical (unpaired) electrons. The van der Waals surface area contributed by atoms with Crippen LogP contribution in [-0.4, -0.2) is 20.9 Å². The molecule has 5 nitrogen and oxygen atoms in total. The molecule has 1 heterocycles. The van der Waals surface area contributed by atoms with E-state index >= 15 is 0 Å². The molecule has 0 bridgehead atoms. The molecule has 148 valence electrons. The zero-order valence-electron chi connectivity index (χ0n) is 16.1. The second-order valence-corrected chi connectivity index (χ2v) is 8.82. The molecule has 0 aromatic heterocycles. The second-order valence-electron chi connectivity index (χ2n) is 7.13. The normalized spacial score (nSPS) is 13.6. The maximum atomic E-state index is 13.0. The van der Waals surface area contributed by atoms with E-state index in [2.05, 4.69) is 4.72 Å². The number of fused-ring (bicyclic) bond motifs is 1. The van der Waals surface area contributed by atoms with E-state index in [1.165, 1.54) is 12.1 Å². The summed E-state index contributed by atoms with van der Waals surface area (Å²) in [7, 11) is -3.73. The first-order chi connectivity index (χ1) is 14.0. The fraction of sp³-hybridized carbons (Fsp3) is 0.174. The molecule has 4 rings (SSSR count). The minimum atomic E-state index is -3.73. The highest BCUT2D eigenvalue weighted by Gasteiger charge is 2.24. The molecule has 3 aromatic carbocycles. The molecule has 1 amide bonds. The van der Waals surface area contributed by atoms with Crippen LogP contribution >= 0.6 is 0 Å². The van der Waals surface area contributed by atoms with Gasteiger partial charge in [0.25, 0.3) is 15.9 Å². The molecule has 29 heavy (non-hydrogen) atoms. The summed E-state index contributed by atoms with van der Waals surface area (Å²) in [4.78, 5) is 14.9. The van der Waals surface area contributed by atoms with Crippen molar-refractivity contribution in [2.45, 2.75) is 24.7 Å². The van der Waals surface area contributed by atoms with Crippen molar-refractivity contribution in [2.24, 2.45) is 0 Å². The van der Waals surface area contributed by atoms with Gasteiger partial charge in [-0.1, -0.05) is 36.4 Å². The third-order valence-electron chi connectivity index (χ3n) is 5.16. The highest BCUT2D eigenvalue weighted by Crippen LogP contribution is 2.28. The van der Waals surface area contributed by atoms with E-state index in [9.17, 15) is 13.2 Å². The van der Waals surface area contributed by atoms with Crippen LogP contribution in [0.1, 0.15) is 27.9 Å². The summed E-state index contributed by atoms with van der Waals surface area (Å²) in [6.07, 6.45) is 1.87. The topological polar surface area (TPSA) is 66.5 Å². The van der Waals surface area contributed by atoms with E-state index in [4.69, 9.17) is 0 Å². The lowest BCUT2D eigenvalue weighted by atomic mass is 10.0. The standard InChI is InChI=1S/C23H22N2O3S/c1-17-7-2-4-10-21(17)24-29(27,28)20-14-12-19(13-15-20)23(26)25-16-6-9-18-8-3-5-11-22(18)25/h2-5,7-8,10-15,24H,6,9,16H2,1H3. The first-order valence-electron chi connectivity index (χ1n) is 9.54. The number of rotatable bonds is 4. The monoisotopic (exact) mass is 406 g/mol. The average Bonchev–Trinajstić information content (AvgIpc) is 2.74. The molecule has 0 saturated carbocycles. The van der Waals surface area contributed by atoms with Crippen molar-refractivity contribution in [1.29, 1.82) is 0 Å². The van der Waals surface area contributed by atoms with Crippen LogP contribution in [0.5, 0.6) is 0 Å². The van der Waals surface area contributed by atoms with E-state index in [0.29, 0.717) is 17.8 Å². The number of nitrogens with one attached hydrogen (secondary N) is 1. The van der Waals surface area contributed by atoms with Gasteiger partial charge in [-0.15, -0.1) is 0 Å². The fourth-order valence-electron chi connectivity index (χ4n) is 3.57. The quantitative estimate of drug-likeness (QED) is 0.699. The van der Waals surface area contributed by atoms with Crippen LogP contribution < -0.4 is 9.62 Å². The predicted octanol–water partition coefficient (Wildman–Crippen LogP) is 4.39. The average molecular weight is 407 g/mol. The van der Waals surface area contributed by atoms with Crippen molar-refractivity contribution in [2.75, 3.05) is 16.2 Å². The molecular formula is C23H22N2O3S. The Balaban J connectivity index is 1.57. The molecule has 1 N–H and O–H groups in total. The first-order valence-corrected chi connectivity index (χ1v) is 11.0. The highest BCUT2D eigenvalue weighted by atomic mass is 32.2. The number of hydrogen-bond donors (Lipinski definition) is 1. The molecular weight excluding hydrogens is 384 g/mol. The van der Waals surface area contributed by atoms with Crippen molar-refractivity contribution < 1.29 is 13.2 Å². The van der Waals surface area contributed by atoms with E-state index < -0.39 is 10.0 Å². The molecule has 1 aliphatic rings. The van der Waals surface area contributed by atoms with Gasteiger partial charge in [-0.3, -0.25) is 9.52 Å². The van der Waals surface area contributed by atoms with E-state index in [0.717, 1.165) is 29.7 Å². The van der Waals surface area contributed by atoms with Gasteiger partial charge >= 0.3 is 0 Å². The molecule has 0 spiro atoms. The molecule has 0 saturated heterocycles. The van der Waals surface area contributed by atoms with Gasteiger partial charge in [0.15, 0.2) is 0 Å². The van der Waals surface area contributed by atoms with Crippen LogP contribution in [0.25, 0.3) is 0 Å². The SMILES string of the molecule is Cc1ccccc1NS(=O)(=O)c1ccc(C(=O)N2CCCc3ccccc32)cc1. The van der Waals surface area contributed by atoms with Crippen LogP contribution in [0, 0.1) is 6.92 Å². The maximum Gasteiger partial charge on any atom is 0.261 e. The minimum absolute atomic E-state index is 0.118. The van der Waals surface area contributed by atoms with Gasteiger partial charge in [0.1, 0.15) is 0 Å². The van der Waals surface area contributed by atoms with Gasteiger partial charge in [0.05, 0.1) is 10.6 Å². The number of sulfonamides is 1. The van der Waals surface area contributed by atoms with Crippen LogP contribution in [-0.2, 0) is 16.4 Å². The first kappa shape index (κ1) is 19.2. The molecule has 0 fully saturated rings. The Labute approximate surface area is 171 Å². The van der Waals surface area contributed by atoms with Gasteiger partial charge in [-0.2, -0.15) is 0 Å². The fourth-order valence-corrected chi connectivity index (χ4v) is 4.70. The van der Waals surface area contributed by atoms with Crippen LogP contribution in [0.3, 0.4) is 0 Å². The van der Waals surface area contributed by atoms with Crippen LogP contribution in [0.2, 0.25) is 0 Å². The lowest BCUT2D eigenvalue weighted by Gasteiger charge is -2.29. The van der Waals surface area contributed by atoms with Crippen molar-refractivity contribution in [3.63, 3.8) is 0 Å². The lowest BCUT2D eigenvalue weighted by Crippen LogP contribution is -2.35. The number of benzene rings is 3. The Hall–Kier alpha value is -3.12. The Kier molecular flexibility index (Phi) is 5.11. The molecule has 0 atom stereocenters. The Bertz CT molecular complexity index is 1150. The van der Waals surface area contributed by atoms with Crippen molar-refractivity contribution >= 4 is 27.3 Å². The Morgan fingerprint density at radius 2 is 1.62 bits per heavy atom. The zero-order chi connectivity index (χ0) is 20.4. The van der Waals surface area contributed by atoms with Crippen molar-refractivity contribution in [3.8, 4) is 0 Å². The van der Waals surface area contributed by atoms with E-state index in [-0.39, 0.29) is 10.8 Å². The van der Waals surface area contributed by atoms with E-state index in [1.54, 1.807) is 29.2 Å². The van der Waals surface area contributed by atoms with Gasteiger partial charge in [-0.25, -0.2) is 8.42 Å². The molecule has 0 aliphatic carbocycles. The summed E-state index contributed by atoms with van der Waals surface area (Å²) in [5.41, 5.74) is 3.94. The van der Waals surface area contributed by atoms with Crippen LogP contribution in [0.15, 0.2) is 77.7 Å². The summed E-state index contributed by atoms with van der Waals surface area (Å²) in [5, 5.41) is 0. The number of anilines is 2. The summed E-state index contributed by atoms with van der Waals surface area (Å²) in [6.45, 7) is 2.50. The van der Waals surface area contributed by atoms with Crippen molar-refractivity contribution in [3.05, 3.63) is 89.5 Å². The number of carbonyl (C=O) groups is 1. The number of amides is 1. The van der Waals surface area contributed by atoms with Gasteiger partial charge < -0.3 is 4.90 Å². The Morgan fingerprint density at radius 3 is 2.38 bits per heavy atom. The highest BCUT2D eigenvalue weighted by molar-refractivity contribution is 7.92. The largest absolute Gasteiger partial charge is 0.308 e. The molecule has 0 unspecified atom stereocenters. The number of hydrogen-bond acceptors (Lipinski definition) is 3. The van der Waals surface area contributed by atoms with Crippen molar-refractivity contribution in [1.82, 2.24) is 0 Å². The van der Waals surface area contributed by atoms with Gasteiger partial charge in [0, 0.05) is 17.8 Å². The zero-order valence-corrected chi connectivity index (χ0v) is 16.9. The Morgan fingerprint density at radius 1 is 0.931 bits per heavy atom. The summed E-state index contributed by atoms with van der Waals surface area (Å²) < 4.78 is 28.0. The smallest absolute Gasteiger partial charge is 0.261 e. The number of carbonyl (C=O) groups excluding carboxylic acids is 1. The molecule has 3 aromatic rings. The third-order valence-corrected chi connectivity index (χ3v) is 6.54. The summed E-state index contributed by atoms with van der Waals surface area (Å²) in [6, 6.07) is 21.2. The number of aryl methyl sites for hydroxylation is 2. The number of nitrogens with zero attached hydrogens (tertiary/aromatic N) is 1. The molecule has 6 heteroatoms. The van der Waals surface area contributed by atoms with Crippen LogP contribution in [0.4, 0.5) is 11.4 Å². The minimum Gasteiger partial charge on any atom is -0.308 e. The van der Waals surface area contributed by atoms with E-state index in [1.807, 2.05) is 43.3 Å².